The normalized spacial score (nSPS) is 22.0. The van der Waals surface area contributed by atoms with E-state index in [-0.39, 0.29) is 26.6 Å². The molecule has 0 aliphatic heterocycles. The zero-order valence-corrected chi connectivity index (χ0v) is 14.7. The number of rotatable bonds is 3. The van der Waals surface area contributed by atoms with Crippen LogP contribution in [-0.2, 0) is 13.8 Å². The number of aromatic nitrogens is 1. The molecule has 0 saturated heterocycles. The Balaban J connectivity index is 2.17. The van der Waals surface area contributed by atoms with Crippen molar-refractivity contribution in [2.45, 2.75) is 50.7 Å². The summed E-state index contributed by atoms with van der Waals surface area (Å²) in [6, 6.07) is 0. The van der Waals surface area contributed by atoms with Crippen molar-refractivity contribution in [2.75, 3.05) is 5.32 Å². The first-order chi connectivity index (χ1) is 9.61. The topological polar surface area (TPSA) is 76.1 Å². The van der Waals surface area contributed by atoms with Gasteiger partial charge in [0.2, 0.25) is 5.91 Å². The average Bonchev–Trinajstić information content (AvgIpc) is 2.69. The molecule has 1 aliphatic rings. The van der Waals surface area contributed by atoms with Crippen molar-refractivity contribution in [1.82, 2.24) is 4.98 Å². The Labute approximate surface area is 133 Å². The summed E-state index contributed by atoms with van der Waals surface area (Å²) in [4.78, 5) is 16.5. The number of halogens is 1. The van der Waals surface area contributed by atoms with Gasteiger partial charge >= 0.3 is 0 Å². The Morgan fingerprint density at radius 3 is 2.62 bits per heavy atom. The minimum Gasteiger partial charge on any atom is -0.302 e. The van der Waals surface area contributed by atoms with Crippen LogP contribution >= 0.6 is 22.0 Å². The Bertz CT molecular complexity index is 652. The fourth-order valence-corrected chi connectivity index (χ4v) is 5.19. The van der Waals surface area contributed by atoms with E-state index in [0.717, 1.165) is 37.0 Å². The van der Waals surface area contributed by atoms with Gasteiger partial charge in [-0.05, 0) is 25.2 Å². The lowest BCUT2D eigenvalue weighted by Gasteiger charge is -2.37. The number of aryl methyl sites for hydroxylation is 1. The summed E-state index contributed by atoms with van der Waals surface area (Å²) in [5.41, 5.74) is 0.268. The fraction of sp³-hybridized carbons (Fsp3) is 0.692. The lowest BCUT2D eigenvalue weighted by molar-refractivity contribution is -0.124. The Morgan fingerprint density at radius 1 is 1.43 bits per heavy atom. The predicted octanol–water partition coefficient (Wildman–Crippen LogP) is 3.53. The highest BCUT2D eigenvalue weighted by Crippen LogP contribution is 2.41. The Morgan fingerprint density at radius 2 is 2.10 bits per heavy atom. The summed E-state index contributed by atoms with van der Waals surface area (Å²) in [6.07, 6.45) is 4.05. The van der Waals surface area contributed by atoms with Crippen LogP contribution in [0.5, 0.6) is 0 Å². The van der Waals surface area contributed by atoms with Crippen molar-refractivity contribution in [3.63, 3.8) is 0 Å². The van der Waals surface area contributed by atoms with E-state index in [9.17, 15) is 13.2 Å². The maximum Gasteiger partial charge on any atom is 0.272 e. The molecule has 1 aromatic rings. The average molecular weight is 351 g/mol. The van der Waals surface area contributed by atoms with E-state index in [0.29, 0.717) is 5.69 Å². The highest BCUT2D eigenvalue weighted by atomic mass is 35.7. The lowest BCUT2D eigenvalue weighted by Crippen LogP contribution is -2.37. The maximum atomic E-state index is 12.4. The van der Waals surface area contributed by atoms with Crippen molar-refractivity contribution >= 4 is 42.1 Å². The molecule has 1 unspecified atom stereocenters. The van der Waals surface area contributed by atoms with Gasteiger partial charge in [0.1, 0.15) is 0 Å². The van der Waals surface area contributed by atoms with Crippen molar-refractivity contribution < 1.29 is 13.2 Å². The highest BCUT2D eigenvalue weighted by Gasteiger charge is 2.37. The monoisotopic (exact) mass is 350 g/mol. The third kappa shape index (κ3) is 3.76. The van der Waals surface area contributed by atoms with Crippen molar-refractivity contribution in [2.24, 2.45) is 11.3 Å². The van der Waals surface area contributed by atoms with Gasteiger partial charge in [0.25, 0.3) is 9.05 Å². The van der Waals surface area contributed by atoms with E-state index in [1.807, 2.05) is 0 Å². The molecule has 1 aliphatic carbocycles. The second-order valence-corrected chi connectivity index (χ2v) is 9.87. The Hall–Kier alpha value is -0.660. The summed E-state index contributed by atoms with van der Waals surface area (Å²) in [5, 5.41) is 3.04. The number of hydrogen-bond acceptors (Lipinski definition) is 5. The van der Waals surface area contributed by atoms with Crippen LogP contribution in [0.25, 0.3) is 0 Å². The summed E-state index contributed by atoms with van der Waals surface area (Å²) < 4.78 is 22.7. The zero-order valence-electron chi connectivity index (χ0n) is 12.3. The molecule has 1 saturated carbocycles. The quantitative estimate of drug-likeness (QED) is 0.846. The number of anilines is 1. The summed E-state index contributed by atoms with van der Waals surface area (Å²) in [7, 11) is 1.52. The summed E-state index contributed by atoms with van der Waals surface area (Å²) in [6.45, 7) is 5.75. The van der Waals surface area contributed by atoms with Crippen LogP contribution < -0.4 is 5.32 Å². The number of carbonyl (C=O) groups is 1. The van der Waals surface area contributed by atoms with Gasteiger partial charge in [-0.25, -0.2) is 13.4 Å². The molecule has 0 bridgehead atoms. The minimum atomic E-state index is -3.82. The molecule has 2 rings (SSSR count). The molecule has 8 heteroatoms. The van der Waals surface area contributed by atoms with E-state index in [4.69, 9.17) is 10.7 Å². The lowest BCUT2D eigenvalue weighted by atomic mass is 9.68. The third-order valence-corrected chi connectivity index (χ3v) is 7.28. The smallest absolute Gasteiger partial charge is 0.272 e. The first-order valence-corrected chi connectivity index (χ1v) is 9.97. The van der Waals surface area contributed by atoms with Crippen LogP contribution in [0, 0.1) is 18.3 Å². The first-order valence-electron chi connectivity index (χ1n) is 6.84. The molecule has 1 amide bonds. The van der Waals surface area contributed by atoms with Gasteiger partial charge in [0, 0.05) is 16.6 Å². The molecule has 1 heterocycles. The fourth-order valence-electron chi connectivity index (χ4n) is 2.83. The predicted molar refractivity (Wildman–Crippen MR) is 84.3 cm³/mol. The molecule has 21 heavy (non-hydrogen) atoms. The number of carbonyl (C=O) groups excluding carboxylic acids is 1. The van der Waals surface area contributed by atoms with Gasteiger partial charge in [-0.2, -0.15) is 0 Å². The van der Waals surface area contributed by atoms with Gasteiger partial charge in [-0.3, -0.25) is 4.79 Å². The van der Waals surface area contributed by atoms with Crippen LogP contribution in [0.4, 0.5) is 5.13 Å². The number of amides is 1. The standard InChI is InChI=1S/C13H19ClN2O3S2/c1-8-11(21(14,18)19)20-12(15-8)16-10(17)9-6-4-5-7-13(9,2)3/h9H,4-7H2,1-3H3,(H,15,16,17). The molecule has 0 spiro atoms. The van der Waals surface area contributed by atoms with Crippen LogP contribution in [0.15, 0.2) is 4.21 Å². The number of thiazole rings is 1. The summed E-state index contributed by atoms with van der Waals surface area (Å²) in [5.74, 6) is -0.168. The molecule has 118 valence electrons. The molecule has 5 nitrogen and oxygen atoms in total. The first kappa shape index (κ1) is 16.7. The van der Waals surface area contributed by atoms with Crippen LogP contribution in [-0.4, -0.2) is 19.3 Å². The zero-order chi connectivity index (χ0) is 15.8. The van der Waals surface area contributed by atoms with Gasteiger partial charge in [-0.1, -0.05) is 38.0 Å². The molecular weight excluding hydrogens is 332 g/mol. The van der Waals surface area contributed by atoms with Crippen LogP contribution in [0.1, 0.15) is 45.2 Å². The van der Waals surface area contributed by atoms with E-state index in [1.54, 1.807) is 6.92 Å². The van der Waals surface area contributed by atoms with Gasteiger partial charge in [0.05, 0.1) is 5.69 Å². The summed E-state index contributed by atoms with van der Waals surface area (Å²) >= 11 is 0.896. The molecular formula is C13H19ClN2O3S2. The van der Waals surface area contributed by atoms with E-state index < -0.39 is 9.05 Å². The number of nitrogens with one attached hydrogen (secondary N) is 1. The van der Waals surface area contributed by atoms with Crippen molar-refractivity contribution in [1.29, 1.82) is 0 Å². The van der Waals surface area contributed by atoms with Crippen molar-refractivity contribution in [3.05, 3.63) is 5.69 Å². The second kappa shape index (κ2) is 5.85. The SMILES string of the molecule is Cc1nc(NC(=O)C2CCCCC2(C)C)sc1S(=O)(=O)Cl. The third-order valence-electron chi connectivity index (χ3n) is 4.03. The van der Waals surface area contributed by atoms with Gasteiger partial charge < -0.3 is 5.32 Å². The number of nitrogens with zero attached hydrogens (tertiary/aromatic N) is 1. The van der Waals surface area contributed by atoms with Crippen LogP contribution in [0.3, 0.4) is 0 Å². The van der Waals surface area contributed by atoms with Gasteiger partial charge in [0.15, 0.2) is 9.34 Å². The Kier molecular flexibility index (Phi) is 4.66. The minimum absolute atomic E-state index is 0.0117. The van der Waals surface area contributed by atoms with E-state index in [2.05, 4.69) is 24.1 Å². The van der Waals surface area contributed by atoms with Crippen molar-refractivity contribution in [3.8, 4) is 0 Å². The molecule has 1 aromatic heterocycles. The van der Waals surface area contributed by atoms with Crippen LogP contribution in [0.2, 0.25) is 0 Å². The van der Waals surface area contributed by atoms with E-state index in [1.165, 1.54) is 0 Å². The molecule has 0 radical (unpaired) electrons. The number of hydrogen-bond donors (Lipinski definition) is 1. The maximum absolute atomic E-state index is 12.4. The highest BCUT2D eigenvalue weighted by molar-refractivity contribution is 8.15. The molecule has 1 fully saturated rings. The van der Waals surface area contributed by atoms with E-state index >= 15 is 0 Å². The van der Waals surface area contributed by atoms with Gasteiger partial charge in [-0.15, -0.1) is 0 Å². The largest absolute Gasteiger partial charge is 0.302 e. The molecule has 1 N–H and O–H groups in total. The molecule has 0 aromatic carbocycles. The molecule has 1 atom stereocenters. The second-order valence-electron chi connectivity index (χ2n) is 6.11.